The third-order valence-electron chi connectivity index (χ3n) is 2.89. The molecule has 0 aliphatic rings. The summed E-state index contributed by atoms with van der Waals surface area (Å²) in [6.45, 7) is 2.55. The van der Waals surface area contributed by atoms with Gasteiger partial charge in [-0.1, -0.05) is 0 Å². The van der Waals surface area contributed by atoms with Crippen LogP contribution in [0.5, 0.6) is 5.75 Å². The van der Waals surface area contributed by atoms with Gasteiger partial charge in [-0.05, 0) is 48.9 Å². The van der Waals surface area contributed by atoms with Crippen LogP contribution in [0.2, 0.25) is 0 Å². The van der Waals surface area contributed by atoms with E-state index in [9.17, 15) is 4.79 Å². The van der Waals surface area contributed by atoms with Gasteiger partial charge in [0, 0.05) is 7.05 Å². The standard InChI is InChI=1S/C15H14N2O2/c1-3-19-13-7-4-11(5-8-13)14-9-6-12(10-16)15(18)17(14)2/h4-9H,3H2,1-2H3. The van der Waals surface area contributed by atoms with Gasteiger partial charge in [0.15, 0.2) is 0 Å². The Labute approximate surface area is 111 Å². The van der Waals surface area contributed by atoms with E-state index in [1.807, 2.05) is 37.3 Å². The fraction of sp³-hybridized carbons (Fsp3) is 0.200. The molecule has 0 saturated carbocycles. The molecule has 19 heavy (non-hydrogen) atoms. The second-order valence-corrected chi connectivity index (χ2v) is 4.07. The minimum Gasteiger partial charge on any atom is -0.494 e. The Hall–Kier alpha value is -2.54. The Morgan fingerprint density at radius 2 is 1.89 bits per heavy atom. The second-order valence-electron chi connectivity index (χ2n) is 4.07. The van der Waals surface area contributed by atoms with Crippen LogP contribution in [-0.4, -0.2) is 11.2 Å². The van der Waals surface area contributed by atoms with Gasteiger partial charge in [-0.2, -0.15) is 5.26 Å². The number of aromatic nitrogens is 1. The fourth-order valence-corrected chi connectivity index (χ4v) is 1.90. The number of rotatable bonds is 3. The summed E-state index contributed by atoms with van der Waals surface area (Å²) in [6.07, 6.45) is 0. The molecule has 4 nitrogen and oxygen atoms in total. The first-order chi connectivity index (χ1) is 9.17. The van der Waals surface area contributed by atoms with E-state index in [0.717, 1.165) is 17.0 Å². The van der Waals surface area contributed by atoms with Gasteiger partial charge in [0.2, 0.25) is 0 Å². The van der Waals surface area contributed by atoms with Crippen LogP contribution in [0, 0.1) is 11.3 Å². The van der Waals surface area contributed by atoms with Crippen LogP contribution < -0.4 is 10.3 Å². The first-order valence-electron chi connectivity index (χ1n) is 6.00. The third-order valence-corrected chi connectivity index (χ3v) is 2.89. The molecule has 1 heterocycles. The van der Waals surface area contributed by atoms with Crippen molar-refractivity contribution in [3.05, 3.63) is 52.3 Å². The summed E-state index contributed by atoms with van der Waals surface area (Å²) in [6, 6.07) is 12.7. The van der Waals surface area contributed by atoms with Crippen LogP contribution in [0.25, 0.3) is 11.3 Å². The SMILES string of the molecule is CCOc1ccc(-c2ccc(C#N)c(=O)n2C)cc1. The molecule has 0 radical (unpaired) electrons. The molecule has 0 unspecified atom stereocenters. The molecule has 0 N–H and O–H groups in total. The van der Waals surface area contributed by atoms with Gasteiger partial charge < -0.3 is 9.30 Å². The summed E-state index contributed by atoms with van der Waals surface area (Å²) in [5.74, 6) is 0.796. The predicted octanol–water partition coefficient (Wildman–Crippen LogP) is 2.32. The van der Waals surface area contributed by atoms with Gasteiger partial charge in [-0.3, -0.25) is 4.79 Å². The molecule has 2 rings (SSSR count). The highest BCUT2D eigenvalue weighted by Gasteiger charge is 2.07. The molecule has 0 amide bonds. The summed E-state index contributed by atoms with van der Waals surface area (Å²) >= 11 is 0. The van der Waals surface area contributed by atoms with E-state index in [1.165, 1.54) is 4.57 Å². The Bertz CT molecular complexity index is 679. The van der Waals surface area contributed by atoms with Crippen molar-refractivity contribution in [1.82, 2.24) is 4.57 Å². The van der Waals surface area contributed by atoms with Crippen molar-refractivity contribution in [2.45, 2.75) is 6.92 Å². The van der Waals surface area contributed by atoms with E-state index in [1.54, 1.807) is 19.2 Å². The molecule has 1 aromatic heterocycles. The van der Waals surface area contributed by atoms with Gasteiger partial charge in [-0.25, -0.2) is 0 Å². The Morgan fingerprint density at radius 3 is 2.47 bits per heavy atom. The van der Waals surface area contributed by atoms with Crippen molar-refractivity contribution in [2.24, 2.45) is 7.05 Å². The van der Waals surface area contributed by atoms with E-state index in [4.69, 9.17) is 10.00 Å². The smallest absolute Gasteiger partial charge is 0.268 e. The zero-order valence-electron chi connectivity index (χ0n) is 10.9. The van der Waals surface area contributed by atoms with Crippen LogP contribution in [0.1, 0.15) is 12.5 Å². The highest BCUT2D eigenvalue weighted by Crippen LogP contribution is 2.21. The number of benzene rings is 1. The number of pyridine rings is 1. The van der Waals surface area contributed by atoms with Crippen molar-refractivity contribution < 1.29 is 4.74 Å². The lowest BCUT2D eigenvalue weighted by Crippen LogP contribution is -2.20. The number of ether oxygens (including phenoxy) is 1. The monoisotopic (exact) mass is 254 g/mol. The lowest BCUT2D eigenvalue weighted by molar-refractivity contribution is 0.340. The minimum absolute atomic E-state index is 0.150. The average Bonchev–Trinajstić information content (AvgIpc) is 2.43. The summed E-state index contributed by atoms with van der Waals surface area (Å²) in [4.78, 5) is 11.9. The van der Waals surface area contributed by atoms with Crippen LogP contribution in [0.3, 0.4) is 0 Å². The molecule has 0 aliphatic heterocycles. The molecule has 0 aliphatic carbocycles. The van der Waals surface area contributed by atoms with Crippen molar-refractivity contribution in [3.63, 3.8) is 0 Å². The van der Waals surface area contributed by atoms with Gasteiger partial charge in [-0.15, -0.1) is 0 Å². The van der Waals surface area contributed by atoms with E-state index in [2.05, 4.69) is 0 Å². The zero-order valence-corrected chi connectivity index (χ0v) is 10.9. The van der Waals surface area contributed by atoms with E-state index in [-0.39, 0.29) is 11.1 Å². The van der Waals surface area contributed by atoms with Crippen LogP contribution in [0.15, 0.2) is 41.2 Å². The molecule has 2 aromatic rings. The topological polar surface area (TPSA) is 55.0 Å². The van der Waals surface area contributed by atoms with Crippen LogP contribution >= 0.6 is 0 Å². The Morgan fingerprint density at radius 1 is 1.21 bits per heavy atom. The zero-order chi connectivity index (χ0) is 13.8. The summed E-state index contributed by atoms with van der Waals surface area (Å²) < 4.78 is 6.86. The summed E-state index contributed by atoms with van der Waals surface area (Å²) in [7, 11) is 1.66. The van der Waals surface area contributed by atoms with Crippen molar-refractivity contribution in [1.29, 1.82) is 5.26 Å². The number of hydrogen-bond donors (Lipinski definition) is 0. The lowest BCUT2D eigenvalue weighted by atomic mass is 10.1. The third kappa shape index (κ3) is 2.50. The number of nitriles is 1. The van der Waals surface area contributed by atoms with Gasteiger partial charge >= 0.3 is 0 Å². The predicted molar refractivity (Wildman–Crippen MR) is 73.0 cm³/mol. The molecule has 0 atom stereocenters. The second kappa shape index (κ2) is 5.40. The maximum atomic E-state index is 11.9. The van der Waals surface area contributed by atoms with Crippen LogP contribution in [0.4, 0.5) is 0 Å². The van der Waals surface area contributed by atoms with E-state index < -0.39 is 0 Å². The molecular weight excluding hydrogens is 240 g/mol. The molecule has 96 valence electrons. The Kier molecular flexibility index (Phi) is 3.67. The molecule has 4 heteroatoms. The summed E-state index contributed by atoms with van der Waals surface area (Å²) in [5.41, 5.74) is 1.55. The van der Waals surface area contributed by atoms with Crippen molar-refractivity contribution in [3.8, 4) is 23.1 Å². The van der Waals surface area contributed by atoms with Crippen molar-refractivity contribution >= 4 is 0 Å². The highest BCUT2D eigenvalue weighted by atomic mass is 16.5. The molecular formula is C15H14N2O2. The van der Waals surface area contributed by atoms with Gasteiger partial charge in [0.05, 0.1) is 12.3 Å². The first kappa shape index (κ1) is 12.9. The van der Waals surface area contributed by atoms with E-state index in [0.29, 0.717) is 6.61 Å². The van der Waals surface area contributed by atoms with Gasteiger partial charge in [0.25, 0.3) is 5.56 Å². The fourth-order valence-electron chi connectivity index (χ4n) is 1.90. The molecule has 0 spiro atoms. The number of nitrogens with zero attached hydrogens (tertiary/aromatic N) is 2. The van der Waals surface area contributed by atoms with Crippen molar-refractivity contribution in [2.75, 3.05) is 6.61 Å². The summed E-state index contributed by atoms with van der Waals surface area (Å²) in [5, 5.41) is 8.82. The lowest BCUT2D eigenvalue weighted by Gasteiger charge is -2.09. The molecule has 0 saturated heterocycles. The normalized spacial score (nSPS) is 9.95. The molecule has 1 aromatic carbocycles. The number of hydrogen-bond acceptors (Lipinski definition) is 3. The first-order valence-corrected chi connectivity index (χ1v) is 6.00. The minimum atomic E-state index is -0.283. The quantitative estimate of drug-likeness (QED) is 0.844. The largest absolute Gasteiger partial charge is 0.494 e. The van der Waals surface area contributed by atoms with Crippen LogP contribution in [-0.2, 0) is 7.05 Å². The maximum absolute atomic E-state index is 11.9. The highest BCUT2D eigenvalue weighted by molar-refractivity contribution is 5.61. The average molecular weight is 254 g/mol. The maximum Gasteiger partial charge on any atom is 0.268 e. The molecule has 0 bridgehead atoms. The molecule has 0 fully saturated rings. The Balaban J connectivity index is 2.45. The van der Waals surface area contributed by atoms with E-state index >= 15 is 0 Å². The van der Waals surface area contributed by atoms with Gasteiger partial charge in [0.1, 0.15) is 17.4 Å².